The van der Waals surface area contributed by atoms with Gasteiger partial charge in [-0.2, -0.15) is 5.26 Å². The van der Waals surface area contributed by atoms with Crippen molar-refractivity contribution in [3.63, 3.8) is 0 Å². The van der Waals surface area contributed by atoms with Gasteiger partial charge < -0.3 is 25.5 Å². The van der Waals surface area contributed by atoms with Gasteiger partial charge in [0.1, 0.15) is 17.6 Å². The van der Waals surface area contributed by atoms with Gasteiger partial charge in [-0.15, -0.1) is 0 Å². The van der Waals surface area contributed by atoms with Gasteiger partial charge >= 0.3 is 0 Å². The van der Waals surface area contributed by atoms with Crippen LogP contribution in [0.3, 0.4) is 0 Å². The van der Waals surface area contributed by atoms with Crippen LogP contribution < -0.4 is 0 Å². The van der Waals surface area contributed by atoms with Gasteiger partial charge in [-0.3, -0.25) is 4.90 Å². The van der Waals surface area contributed by atoms with Crippen molar-refractivity contribution in [3.8, 4) is 6.07 Å². The molecule has 0 spiro atoms. The smallest absolute Gasteiger partial charge is 0.108 e. The molecule has 0 amide bonds. The van der Waals surface area contributed by atoms with Crippen LogP contribution in [0, 0.1) is 16.7 Å². The molecule has 0 radical (unpaired) electrons. The quantitative estimate of drug-likeness (QED) is 0.299. The summed E-state index contributed by atoms with van der Waals surface area (Å²) in [6, 6.07) is 16.3. The first-order valence-corrected chi connectivity index (χ1v) is 13.6. The van der Waals surface area contributed by atoms with Crippen LogP contribution in [0.5, 0.6) is 0 Å². The van der Waals surface area contributed by atoms with Gasteiger partial charge in [0, 0.05) is 34.6 Å². The second kappa shape index (κ2) is 12.6. The van der Waals surface area contributed by atoms with Crippen molar-refractivity contribution in [3.05, 3.63) is 69.7 Å². The number of hydrogen-bond donors (Lipinski definition) is 5. The summed E-state index contributed by atoms with van der Waals surface area (Å²) < 4.78 is 0. The lowest BCUT2D eigenvalue weighted by Gasteiger charge is -2.40. The fraction of sp³-hybridized carbons (Fsp3) is 0.552. The second-order valence-corrected chi connectivity index (χ2v) is 12.3. The van der Waals surface area contributed by atoms with Crippen molar-refractivity contribution >= 4 is 23.2 Å². The Bertz CT molecular complexity index is 1100. The van der Waals surface area contributed by atoms with Crippen LogP contribution in [-0.4, -0.2) is 80.6 Å². The van der Waals surface area contributed by atoms with E-state index >= 15 is 0 Å². The molecule has 5 N–H and O–H groups in total. The molecule has 1 aliphatic rings. The largest absolute Gasteiger partial charge is 0.395 e. The molecule has 0 saturated carbocycles. The summed E-state index contributed by atoms with van der Waals surface area (Å²) in [5, 5.41) is 62.7. The number of rotatable bonds is 10. The van der Waals surface area contributed by atoms with E-state index in [9.17, 15) is 30.8 Å². The van der Waals surface area contributed by atoms with E-state index in [4.69, 9.17) is 23.2 Å². The number of benzene rings is 2. The first-order chi connectivity index (χ1) is 17.9. The Kier molecular flexibility index (Phi) is 10.2. The van der Waals surface area contributed by atoms with Crippen LogP contribution in [0.4, 0.5) is 0 Å². The number of aliphatic hydroxyl groups is 5. The van der Waals surface area contributed by atoms with E-state index in [2.05, 4.69) is 31.7 Å². The molecule has 0 aromatic heterocycles. The highest BCUT2D eigenvalue weighted by Crippen LogP contribution is 2.55. The van der Waals surface area contributed by atoms with Gasteiger partial charge in [0.15, 0.2) is 0 Å². The molecule has 2 aromatic carbocycles. The van der Waals surface area contributed by atoms with Gasteiger partial charge in [0.2, 0.25) is 0 Å². The molecule has 7 atom stereocenters. The van der Waals surface area contributed by atoms with Crippen molar-refractivity contribution in [1.82, 2.24) is 4.90 Å². The topological polar surface area (TPSA) is 128 Å². The van der Waals surface area contributed by atoms with Gasteiger partial charge in [-0.25, -0.2) is 0 Å². The van der Waals surface area contributed by atoms with Crippen LogP contribution in [0.1, 0.15) is 50.7 Å². The van der Waals surface area contributed by atoms with E-state index < -0.39 is 42.3 Å². The Balaban J connectivity index is 2.20. The Labute approximate surface area is 234 Å². The number of hydrogen-bond acceptors (Lipinski definition) is 7. The summed E-state index contributed by atoms with van der Waals surface area (Å²) in [7, 11) is 0. The molecule has 7 nitrogen and oxygen atoms in total. The molecular formula is C29H38Cl2N2O5. The van der Waals surface area contributed by atoms with Crippen molar-refractivity contribution in [2.45, 2.75) is 75.3 Å². The third kappa shape index (κ3) is 6.35. The maximum absolute atomic E-state index is 11.0. The molecule has 0 aliphatic carbocycles. The van der Waals surface area contributed by atoms with Crippen LogP contribution in [0.2, 0.25) is 10.0 Å². The van der Waals surface area contributed by atoms with Crippen LogP contribution >= 0.6 is 23.2 Å². The van der Waals surface area contributed by atoms with Gasteiger partial charge in [-0.1, -0.05) is 68.2 Å². The Morgan fingerprint density at radius 1 is 1.00 bits per heavy atom. The van der Waals surface area contributed by atoms with Crippen LogP contribution in [0.25, 0.3) is 0 Å². The van der Waals surface area contributed by atoms with Crippen LogP contribution in [0.15, 0.2) is 48.5 Å². The molecule has 1 saturated heterocycles. The van der Waals surface area contributed by atoms with E-state index in [0.29, 0.717) is 16.5 Å². The van der Waals surface area contributed by atoms with E-state index in [0.717, 1.165) is 11.1 Å². The normalized spacial score (nSPS) is 26.6. The van der Waals surface area contributed by atoms with E-state index in [-0.39, 0.29) is 31.0 Å². The predicted octanol–water partition coefficient (Wildman–Crippen LogP) is 3.48. The minimum absolute atomic E-state index is 0.0553. The molecule has 1 fully saturated rings. The van der Waals surface area contributed by atoms with E-state index in [1.54, 1.807) is 18.2 Å². The number of aliphatic hydroxyl groups excluding tert-OH is 5. The summed E-state index contributed by atoms with van der Waals surface area (Å²) in [6.45, 7) is 5.56. The van der Waals surface area contributed by atoms with Crippen molar-refractivity contribution in [2.24, 2.45) is 5.41 Å². The molecule has 1 heterocycles. The van der Waals surface area contributed by atoms with Gasteiger partial charge in [0.25, 0.3) is 0 Å². The van der Waals surface area contributed by atoms with Crippen molar-refractivity contribution in [1.29, 1.82) is 5.26 Å². The summed E-state index contributed by atoms with van der Waals surface area (Å²) in [5.74, 6) is -0.477. The predicted molar refractivity (Wildman–Crippen MR) is 148 cm³/mol. The minimum atomic E-state index is -1.53. The fourth-order valence-corrected chi connectivity index (χ4v) is 6.22. The summed E-state index contributed by atoms with van der Waals surface area (Å²) >= 11 is 12.6. The molecule has 0 bridgehead atoms. The lowest BCUT2D eigenvalue weighted by atomic mass is 9.63. The molecular weight excluding hydrogens is 527 g/mol. The zero-order valence-electron chi connectivity index (χ0n) is 22.0. The maximum Gasteiger partial charge on any atom is 0.108 e. The molecule has 3 rings (SSSR count). The molecule has 38 heavy (non-hydrogen) atoms. The number of nitriles is 1. The summed E-state index contributed by atoms with van der Waals surface area (Å²) in [6.07, 6.45) is -3.68. The molecule has 9 heteroatoms. The summed E-state index contributed by atoms with van der Waals surface area (Å²) in [4.78, 5) is 2.05. The zero-order chi connectivity index (χ0) is 28.3. The zero-order valence-corrected chi connectivity index (χ0v) is 23.5. The molecule has 1 aliphatic heterocycles. The average molecular weight is 566 g/mol. The highest BCUT2D eigenvalue weighted by Gasteiger charge is 2.61. The number of halogens is 2. The first-order valence-electron chi connectivity index (χ1n) is 12.8. The fourth-order valence-electron chi connectivity index (χ4n) is 5.89. The second-order valence-electron chi connectivity index (χ2n) is 11.4. The maximum atomic E-state index is 11.0. The first kappa shape index (κ1) is 30.8. The van der Waals surface area contributed by atoms with Crippen molar-refractivity contribution in [2.75, 3.05) is 19.8 Å². The van der Waals surface area contributed by atoms with Gasteiger partial charge in [-0.05, 0) is 53.6 Å². The Morgan fingerprint density at radius 3 is 2.18 bits per heavy atom. The third-order valence-corrected chi connectivity index (χ3v) is 8.08. The number of nitrogens with zero attached hydrogens (tertiary/aromatic N) is 2. The SMILES string of the molecule is CC(C)(C)CC1N(CCC(O)C(O)C(O)CO)C(CO)C(c2cccc(Cl)c2)C1(C#N)c1ccc(Cl)cc1. The highest BCUT2D eigenvalue weighted by atomic mass is 35.5. The summed E-state index contributed by atoms with van der Waals surface area (Å²) in [5.41, 5.74) is 0.266. The Morgan fingerprint density at radius 2 is 1.66 bits per heavy atom. The highest BCUT2D eigenvalue weighted by molar-refractivity contribution is 6.30. The lowest BCUT2D eigenvalue weighted by Crippen LogP contribution is -2.48. The minimum Gasteiger partial charge on any atom is -0.395 e. The molecule has 208 valence electrons. The molecule has 2 aromatic rings. The third-order valence-electron chi connectivity index (χ3n) is 7.59. The number of likely N-dealkylation sites (tertiary alicyclic amines) is 1. The van der Waals surface area contributed by atoms with Crippen molar-refractivity contribution < 1.29 is 25.5 Å². The monoisotopic (exact) mass is 564 g/mol. The van der Waals surface area contributed by atoms with Crippen LogP contribution in [-0.2, 0) is 5.41 Å². The van der Waals surface area contributed by atoms with Gasteiger partial charge in [0.05, 0.1) is 25.4 Å². The lowest BCUT2D eigenvalue weighted by molar-refractivity contribution is -0.0815. The average Bonchev–Trinajstić information content (AvgIpc) is 3.14. The van der Waals surface area contributed by atoms with E-state index in [1.807, 2.05) is 30.3 Å². The van der Waals surface area contributed by atoms with E-state index in [1.165, 1.54) is 0 Å². The molecule has 7 unspecified atom stereocenters. The Hall–Kier alpha value is -1.73. The standard InChI is InChI=1S/C29H38Cl2N2O5/c1-28(2,3)14-25-29(17-32,19-7-9-20(30)10-8-19)26(18-5-4-6-21(31)13-18)22(15-34)33(25)12-11-23(36)27(38)24(37)16-35/h4-10,13,22-27,34-38H,11-12,14-16H2,1-3H3.